The van der Waals surface area contributed by atoms with Gasteiger partial charge in [0.15, 0.2) is 0 Å². The van der Waals surface area contributed by atoms with E-state index in [4.69, 9.17) is 5.73 Å². The normalized spacial score (nSPS) is 18.0. The van der Waals surface area contributed by atoms with Crippen LogP contribution in [0.2, 0.25) is 0 Å². The minimum absolute atomic E-state index is 0.104. The number of hydrogen-bond donors (Lipinski definition) is 1. The molecule has 2 rings (SSSR count). The van der Waals surface area contributed by atoms with Crippen molar-refractivity contribution in [3.63, 3.8) is 0 Å². The van der Waals surface area contributed by atoms with Crippen LogP contribution in [0.25, 0.3) is 0 Å². The Hall–Kier alpha value is -1.27. The van der Waals surface area contributed by atoms with Gasteiger partial charge in [-0.3, -0.25) is 0 Å². The highest BCUT2D eigenvalue weighted by atomic mass is 19.4. The number of likely N-dealkylation sites (tertiary alicyclic amines) is 1. The lowest BCUT2D eigenvalue weighted by atomic mass is 10.0. The van der Waals surface area contributed by atoms with Crippen molar-refractivity contribution in [1.82, 2.24) is 4.90 Å². The Kier molecular flexibility index (Phi) is 4.78. The maximum Gasteiger partial charge on any atom is 0.416 e. The van der Waals surface area contributed by atoms with E-state index in [1.807, 2.05) is 11.9 Å². The Bertz CT molecular complexity index is 480. The van der Waals surface area contributed by atoms with Crippen molar-refractivity contribution in [2.24, 2.45) is 5.73 Å². The lowest BCUT2D eigenvalue weighted by Crippen LogP contribution is -2.42. The molecule has 3 nitrogen and oxygen atoms in total. The Morgan fingerprint density at radius 3 is 2.43 bits per heavy atom. The fraction of sp³-hybridized carbons (Fsp3) is 0.600. The zero-order valence-electron chi connectivity index (χ0n) is 12.5. The summed E-state index contributed by atoms with van der Waals surface area (Å²) in [5, 5.41) is 0. The third-order valence-corrected chi connectivity index (χ3v) is 4.26. The number of halogens is 3. The summed E-state index contributed by atoms with van der Waals surface area (Å²) in [6.07, 6.45) is -2.43. The van der Waals surface area contributed by atoms with Crippen molar-refractivity contribution < 1.29 is 13.2 Å². The van der Waals surface area contributed by atoms with Crippen molar-refractivity contribution in [3.05, 3.63) is 29.3 Å². The number of alkyl halides is 3. The Labute approximate surface area is 123 Å². The molecule has 1 aliphatic rings. The van der Waals surface area contributed by atoms with Crippen LogP contribution in [0.1, 0.15) is 24.0 Å². The summed E-state index contributed by atoms with van der Waals surface area (Å²) >= 11 is 0. The van der Waals surface area contributed by atoms with Crippen LogP contribution in [-0.2, 0) is 12.7 Å². The van der Waals surface area contributed by atoms with Crippen LogP contribution < -0.4 is 10.6 Å². The first-order valence-corrected chi connectivity index (χ1v) is 7.14. The SMILES string of the molecule is CN1CCC(N(C)c2ccc(CN)c(C(F)(F)F)c2)CC1. The second-order valence-corrected chi connectivity index (χ2v) is 5.69. The molecule has 1 heterocycles. The van der Waals surface area contributed by atoms with E-state index in [1.54, 1.807) is 6.07 Å². The lowest BCUT2D eigenvalue weighted by Gasteiger charge is -2.36. The van der Waals surface area contributed by atoms with E-state index in [2.05, 4.69) is 11.9 Å². The molecule has 1 saturated heterocycles. The van der Waals surface area contributed by atoms with E-state index in [9.17, 15) is 13.2 Å². The van der Waals surface area contributed by atoms with Gasteiger partial charge in [0, 0.05) is 25.3 Å². The maximum absolute atomic E-state index is 13.1. The summed E-state index contributed by atoms with van der Waals surface area (Å²) in [5.41, 5.74) is 5.54. The number of rotatable bonds is 3. The number of hydrogen-bond acceptors (Lipinski definition) is 3. The lowest BCUT2D eigenvalue weighted by molar-refractivity contribution is -0.138. The predicted molar refractivity (Wildman–Crippen MR) is 78.3 cm³/mol. The standard InChI is InChI=1S/C15H22F3N3/c1-20-7-5-12(6-8-20)21(2)13-4-3-11(10-19)14(9-13)15(16,17)18/h3-4,9,12H,5-8,10,19H2,1-2H3. The van der Waals surface area contributed by atoms with Crippen molar-refractivity contribution in [2.45, 2.75) is 31.6 Å². The highest BCUT2D eigenvalue weighted by molar-refractivity contribution is 5.52. The molecular formula is C15H22F3N3. The predicted octanol–water partition coefficient (Wildman–Crippen LogP) is 2.69. The third-order valence-electron chi connectivity index (χ3n) is 4.26. The molecule has 118 valence electrons. The van der Waals surface area contributed by atoms with Crippen LogP contribution in [0.3, 0.4) is 0 Å². The molecule has 0 radical (unpaired) electrons. The molecule has 0 bridgehead atoms. The smallest absolute Gasteiger partial charge is 0.372 e. The summed E-state index contributed by atoms with van der Waals surface area (Å²) in [5.74, 6) is 0. The van der Waals surface area contributed by atoms with Gasteiger partial charge in [-0.25, -0.2) is 0 Å². The largest absolute Gasteiger partial charge is 0.416 e. The third kappa shape index (κ3) is 3.68. The van der Waals surface area contributed by atoms with Gasteiger partial charge in [-0.1, -0.05) is 6.07 Å². The number of benzene rings is 1. The minimum Gasteiger partial charge on any atom is -0.372 e. The number of anilines is 1. The van der Waals surface area contributed by atoms with Gasteiger partial charge in [-0.2, -0.15) is 13.2 Å². The molecule has 1 fully saturated rings. The van der Waals surface area contributed by atoms with Crippen molar-refractivity contribution in [2.75, 3.05) is 32.1 Å². The summed E-state index contributed by atoms with van der Waals surface area (Å²) in [7, 11) is 3.93. The van der Waals surface area contributed by atoms with Gasteiger partial charge in [0.25, 0.3) is 0 Å². The first-order valence-electron chi connectivity index (χ1n) is 7.14. The van der Waals surface area contributed by atoms with Gasteiger partial charge in [-0.05, 0) is 50.7 Å². The van der Waals surface area contributed by atoms with E-state index in [0.717, 1.165) is 25.9 Å². The Balaban J connectivity index is 2.23. The second-order valence-electron chi connectivity index (χ2n) is 5.69. The molecule has 0 saturated carbocycles. The van der Waals surface area contributed by atoms with Crippen LogP contribution in [0.4, 0.5) is 18.9 Å². The molecule has 0 unspecified atom stereocenters. The van der Waals surface area contributed by atoms with Crippen LogP contribution in [-0.4, -0.2) is 38.1 Å². The zero-order chi connectivity index (χ0) is 15.6. The molecule has 1 aromatic rings. The fourth-order valence-electron chi connectivity index (χ4n) is 2.82. The van der Waals surface area contributed by atoms with E-state index in [0.29, 0.717) is 5.69 Å². The quantitative estimate of drug-likeness (QED) is 0.931. The van der Waals surface area contributed by atoms with Crippen LogP contribution in [0, 0.1) is 0 Å². The monoisotopic (exact) mass is 301 g/mol. The van der Waals surface area contributed by atoms with Crippen molar-refractivity contribution in [1.29, 1.82) is 0 Å². The highest BCUT2D eigenvalue weighted by Gasteiger charge is 2.34. The van der Waals surface area contributed by atoms with Gasteiger partial charge in [0.05, 0.1) is 5.56 Å². The topological polar surface area (TPSA) is 32.5 Å². The van der Waals surface area contributed by atoms with Crippen molar-refractivity contribution >= 4 is 5.69 Å². The molecule has 0 aliphatic carbocycles. The van der Waals surface area contributed by atoms with Crippen LogP contribution in [0.5, 0.6) is 0 Å². The van der Waals surface area contributed by atoms with E-state index in [1.165, 1.54) is 12.1 Å². The molecule has 2 N–H and O–H groups in total. The Morgan fingerprint density at radius 1 is 1.29 bits per heavy atom. The van der Waals surface area contributed by atoms with E-state index < -0.39 is 11.7 Å². The number of nitrogens with zero attached hydrogens (tertiary/aromatic N) is 2. The maximum atomic E-state index is 13.1. The van der Waals surface area contributed by atoms with Gasteiger partial charge in [0.2, 0.25) is 0 Å². The molecular weight excluding hydrogens is 279 g/mol. The van der Waals surface area contributed by atoms with Crippen molar-refractivity contribution in [3.8, 4) is 0 Å². The van der Waals surface area contributed by atoms with Gasteiger partial charge in [-0.15, -0.1) is 0 Å². The summed E-state index contributed by atoms with van der Waals surface area (Å²) in [4.78, 5) is 4.20. The van der Waals surface area contributed by atoms with E-state index >= 15 is 0 Å². The molecule has 1 aliphatic heterocycles. The average Bonchev–Trinajstić information content (AvgIpc) is 2.45. The molecule has 1 aromatic carbocycles. The van der Waals surface area contributed by atoms with Crippen LogP contribution in [0.15, 0.2) is 18.2 Å². The molecule has 21 heavy (non-hydrogen) atoms. The van der Waals surface area contributed by atoms with Crippen LogP contribution >= 0.6 is 0 Å². The van der Waals surface area contributed by atoms with Gasteiger partial charge >= 0.3 is 6.18 Å². The molecule has 6 heteroatoms. The molecule has 0 atom stereocenters. The fourth-order valence-corrected chi connectivity index (χ4v) is 2.82. The number of piperidine rings is 1. The van der Waals surface area contributed by atoms with Gasteiger partial charge in [0.1, 0.15) is 0 Å². The van der Waals surface area contributed by atoms with Gasteiger partial charge < -0.3 is 15.5 Å². The van der Waals surface area contributed by atoms with E-state index in [-0.39, 0.29) is 18.2 Å². The molecule has 0 amide bonds. The Morgan fingerprint density at radius 2 is 1.90 bits per heavy atom. The summed E-state index contributed by atoms with van der Waals surface area (Å²) in [6, 6.07) is 4.73. The minimum atomic E-state index is -4.36. The summed E-state index contributed by atoms with van der Waals surface area (Å²) < 4.78 is 39.3. The summed E-state index contributed by atoms with van der Waals surface area (Å²) in [6.45, 7) is 1.84. The number of nitrogens with two attached hydrogens (primary N) is 1. The first kappa shape index (κ1) is 16.1. The average molecular weight is 301 g/mol. The second kappa shape index (κ2) is 6.23. The zero-order valence-corrected chi connectivity index (χ0v) is 12.5. The highest BCUT2D eigenvalue weighted by Crippen LogP contribution is 2.35. The molecule has 0 spiro atoms. The molecule has 0 aromatic heterocycles. The first-order chi connectivity index (χ1) is 9.82.